The molecule has 0 radical (unpaired) electrons. The van der Waals surface area contributed by atoms with Crippen LogP contribution in [0.4, 0.5) is 0 Å². The minimum absolute atomic E-state index is 0.209. The van der Waals surface area contributed by atoms with E-state index < -0.39 is 0 Å². The zero-order chi connectivity index (χ0) is 8.97. The zero-order valence-corrected chi connectivity index (χ0v) is 6.86. The first-order chi connectivity index (χ1) is 5.76. The van der Waals surface area contributed by atoms with Crippen LogP contribution in [0.3, 0.4) is 0 Å². The molecule has 0 aromatic carbocycles. The lowest BCUT2D eigenvalue weighted by Gasteiger charge is -2.12. The molecule has 0 bridgehead atoms. The standard InChI is InChI=1S/C9H12O3/c1-3-7-5-9(10)11-6-8(4-2)12-7/h3-4,7-8H,1-2,5-6H2/t7-,8+/m1/s1. The molecular formula is C9H12O3. The summed E-state index contributed by atoms with van der Waals surface area (Å²) in [4.78, 5) is 10.9. The highest BCUT2D eigenvalue weighted by Gasteiger charge is 2.21. The molecule has 2 atom stereocenters. The number of carbonyl (C=O) groups is 1. The molecule has 1 aliphatic heterocycles. The Morgan fingerprint density at radius 2 is 2.00 bits per heavy atom. The Kier molecular flexibility index (Phi) is 3.05. The summed E-state index contributed by atoms with van der Waals surface area (Å²) in [7, 11) is 0. The Balaban J connectivity index is 2.60. The van der Waals surface area contributed by atoms with Gasteiger partial charge in [0.2, 0.25) is 0 Å². The summed E-state index contributed by atoms with van der Waals surface area (Å²) in [6.07, 6.45) is 3.01. The van der Waals surface area contributed by atoms with E-state index in [1.165, 1.54) is 0 Å². The molecule has 1 saturated heterocycles. The van der Waals surface area contributed by atoms with Gasteiger partial charge in [0.1, 0.15) is 12.7 Å². The second kappa shape index (κ2) is 4.07. The molecule has 0 unspecified atom stereocenters. The molecule has 1 aliphatic rings. The molecule has 0 aliphatic carbocycles. The number of rotatable bonds is 2. The molecule has 1 rings (SSSR count). The Bertz CT molecular complexity index is 198. The van der Waals surface area contributed by atoms with Gasteiger partial charge in [-0.05, 0) is 0 Å². The smallest absolute Gasteiger partial charge is 0.308 e. The van der Waals surface area contributed by atoms with Gasteiger partial charge < -0.3 is 9.47 Å². The van der Waals surface area contributed by atoms with Gasteiger partial charge in [0.05, 0.1) is 12.5 Å². The molecule has 0 aromatic heterocycles. The van der Waals surface area contributed by atoms with Crippen molar-refractivity contribution in [2.24, 2.45) is 0 Å². The lowest BCUT2D eigenvalue weighted by molar-refractivity contribution is -0.142. The third-order valence-corrected chi connectivity index (χ3v) is 1.65. The first kappa shape index (κ1) is 9.00. The number of cyclic esters (lactones) is 1. The minimum Gasteiger partial charge on any atom is -0.462 e. The summed E-state index contributed by atoms with van der Waals surface area (Å²) >= 11 is 0. The topological polar surface area (TPSA) is 35.5 Å². The van der Waals surface area contributed by atoms with E-state index in [1.54, 1.807) is 12.2 Å². The van der Waals surface area contributed by atoms with Crippen molar-refractivity contribution in [2.75, 3.05) is 6.61 Å². The van der Waals surface area contributed by atoms with Crippen LogP contribution in [0.5, 0.6) is 0 Å². The molecule has 0 saturated carbocycles. The molecule has 0 aromatic rings. The van der Waals surface area contributed by atoms with Crippen molar-refractivity contribution in [3.05, 3.63) is 25.3 Å². The number of carbonyl (C=O) groups excluding carboxylic acids is 1. The number of hydrogen-bond acceptors (Lipinski definition) is 3. The van der Waals surface area contributed by atoms with Crippen LogP contribution in [0.15, 0.2) is 25.3 Å². The lowest BCUT2D eigenvalue weighted by atomic mass is 10.2. The summed E-state index contributed by atoms with van der Waals surface area (Å²) in [6.45, 7) is 7.39. The molecule has 12 heavy (non-hydrogen) atoms. The van der Waals surface area contributed by atoms with Crippen LogP contribution in [0.1, 0.15) is 6.42 Å². The Labute approximate surface area is 71.7 Å². The van der Waals surface area contributed by atoms with Gasteiger partial charge in [0.15, 0.2) is 0 Å². The van der Waals surface area contributed by atoms with E-state index in [9.17, 15) is 4.79 Å². The number of ether oxygens (including phenoxy) is 2. The quantitative estimate of drug-likeness (QED) is 0.457. The second-order valence-corrected chi connectivity index (χ2v) is 2.57. The lowest BCUT2D eigenvalue weighted by Crippen LogP contribution is -2.18. The number of hydrogen-bond donors (Lipinski definition) is 0. The average Bonchev–Trinajstić information content (AvgIpc) is 2.26. The fourth-order valence-corrected chi connectivity index (χ4v) is 0.973. The summed E-state index contributed by atoms with van der Waals surface area (Å²) in [5.41, 5.74) is 0. The average molecular weight is 168 g/mol. The third-order valence-electron chi connectivity index (χ3n) is 1.65. The van der Waals surface area contributed by atoms with Crippen molar-refractivity contribution >= 4 is 5.97 Å². The van der Waals surface area contributed by atoms with E-state index in [2.05, 4.69) is 13.2 Å². The highest BCUT2D eigenvalue weighted by Crippen LogP contribution is 2.11. The highest BCUT2D eigenvalue weighted by molar-refractivity contribution is 5.70. The van der Waals surface area contributed by atoms with Crippen LogP contribution < -0.4 is 0 Å². The summed E-state index contributed by atoms with van der Waals surface area (Å²) in [5.74, 6) is -0.246. The molecule has 3 heteroatoms. The van der Waals surface area contributed by atoms with E-state index in [0.29, 0.717) is 0 Å². The van der Waals surface area contributed by atoms with Crippen molar-refractivity contribution in [1.29, 1.82) is 0 Å². The van der Waals surface area contributed by atoms with Crippen LogP contribution in [0.25, 0.3) is 0 Å². The van der Waals surface area contributed by atoms with E-state index in [4.69, 9.17) is 9.47 Å². The van der Waals surface area contributed by atoms with Crippen molar-refractivity contribution in [3.8, 4) is 0 Å². The molecule has 1 heterocycles. The van der Waals surface area contributed by atoms with Crippen molar-refractivity contribution in [2.45, 2.75) is 18.6 Å². The van der Waals surface area contributed by atoms with Gasteiger partial charge >= 0.3 is 5.97 Å². The molecule has 0 spiro atoms. The maximum atomic E-state index is 10.9. The Morgan fingerprint density at radius 3 is 2.58 bits per heavy atom. The van der Waals surface area contributed by atoms with Crippen LogP contribution in [-0.4, -0.2) is 24.8 Å². The molecular weight excluding hydrogens is 156 g/mol. The maximum absolute atomic E-state index is 10.9. The molecule has 0 amide bonds. The predicted octanol–water partition coefficient (Wildman–Crippen LogP) is 1.06. The van der Waals surface area contributed by atoms with Gasteiger partial charge in [0, 0.05) is 0 Å². The van der Waals surface area contributed by atoms with E-state index >= 15 is 0 Å². The predicted molar refractivity (Wildman–Crippen MR) is 44.6 cm³/mol. The summed E-state index contributed by atoms with van der Waals surface area (Å²) < 4.78 is 10.3. The van der Waals surface area contributed by atoms with E-state index in [0.717, 1.165) is 0 Å². The third kappa shape index (κ3) is 2.20. The molecule has 3 nitrogen and oxygen atoms in total. The van der Waals surface area contributed by atoms with Crippen molar-refractivity contribution in [3.63, 3.8) is 0 Å². The monoisotopic (exact) mass is 168 g/mol. The minimum atomic E-state index is -0.247. The second-order valence-electron chi connectivity index (χ2n) is 2.57. The highest BCUT2D eigenvalue weighted by atomic mass is 16.6. The first-order valence-electron chi connectivity index (χ1n) is 3.82. The van der Waals surface area contributed by atoms with Crippen LogP contribution in [0.2, 0.25) is 0 Å². The molecule has 0 N–H and O–H groups in total. The zero-order valence-electron chi connectivity index (χ0n) is 6.86. The van der Waals surface area contributed by atoms with Crippen LogP contribution >= 0.6 is 0 Å². The fraction of sp³-hybridized carbons (Fsp3) is 0.444. The molecule has 1 fully saturated rings. The van der Waals surface area contributed by atoms with Gasteiger partial charge in [-0.3, -0.25) is 4.79 Å². The van der Waals surface area contributed by atoms with E-state index in [1.807, 2.05) is 0 Å². The summed E-state index contributed by atoms with van der Waals surface area (Å²) in [6, 6.07) is 0. The van der Waals surface area contributed by atoms with Gasteiger partial charge in [-0.25, -0.2) is 0 Å². The molecule has 66 valence electrons. The largest absolute Gasteiger partial charge is 0.462 e. The van der Waals surface area contributed by atoms with Gasteiger partial charge in [-0.15, -0.1) is 13.2 Å². The van der Waals surface area contributed by atoms with Gasteiger partial charge in [-0.2, -0.15) is 0 Å². The maximum Gasteiger partial charge on any atom is 0.308 e. The van der Waals surface area contributed by atoms with E-state index in [-0.39, 0.29) is 31.2 Å². The van der Waals surface area contributed by atoms with Crippen molar-refractivity contribution < 1.29 is 14.3 Å². The normalized spacial score (nSPS) is 30.2. The van der Waals surface area contributed by atoms with Gasteiger partial charge in [-0.1, -0.05) is 12.2 Å². The van der Waals surface area contributed by atoms with Gasteiger partial charge in [0.25, 0.3) is 0 Å². The Morgan fingerprint density at radius 1 is 1.33 bits per heavy atom. The fourth-order valence-electron chi connectivity index (χ4n) is 0.973. The first-order valence-corrected chi connectivity index (χ1v) is 3.82. The van der Waals surface area contributed by atoms with Crippen molar-refractivity contribution in [1.82, 2.24) is 0 Å². The number of esters is 1. The summed E-state index contributed by atoms with van der Waals surface area (Å²) in [5, 5.41) is 0. The Hall–Kier alpha value is -1.09. The van der Waals surface area contributed by atoms with Crippen LogP contribution in [-0.2, 0) is 14.3 Å². The SMILES string of the molecule is C=C[C@@H]1CC(=O)OC[C@H](C=C)O1. The van der Waals surface area contributed by atoms with Crippen LogP contribution in [0, 0.1) is 0 Å².